The molecule has 0 saturated carbocycles. The Hall–Kier alpha value is -3.46. The minimum Gasteiger partial charge on any atom is -0.497 e. The van der Waals surface area contributed by atoms with Crippen molar-refractivity contribution in [2.24, 2.45) is 0 Å². The zero-order valence-electron chi connectivity index (χ0n) is 18.4. The molecule has 2 amide bonds. The molecule has 9 nitrogen and oxygen atoms in total. The van der Waals surface area contributed by atoms with E-state index in [1.165, 1.54) is 12.1 Å². The van der Waals surface area contributed by atoms with Gasteiger partial charge in [0.05, 0.1) is 24.1 Å². The number of ether oxygens (including phenoxy) is 1. The second-order valence-electron chi connectivity index (χ2n) is 7.81. The molecule has 0 aliphatic carbocycles. The second-order valence-corrected chi connectivity index (χ2v) is 7.81. The zero-order valence-corrected chi connectivity index (χ0v) is 18.4. The molecule has 1 saturated heterocycles. The highest BCUT2D eigenvalue weighted by molar-refractivity contribution is 5.92. The quantitative estimate of drug-likeness (QED) is 0.500. The topological polar surface area (TPSA) is 105 Å². The Morgan fingerprint density at radius 2 is 1.88 bits per heavy atom. The van der Waals surface area contributed by atoms with E-state index in [9.17, 15) is 19.7 Å². The summed E-state index contributed by atoms with van der Waals surface area (Å²) in [5.74, 6) is 0.626. The van der Waals surface area contributed by atoms with E-state index in [0.29, 0.717) is 44.8 Å². The number of methoxy groups -OCH3 is 1. The van der Waals surface area contributed by atoms with Crippen molar-refractivity contribution in [3.8, 4) is 5.75 Å². The van der Waals surface area contributed by atoms with E-state index in [-0.39, 0.29) is 23.9 Å². The number of nitrogens with one attached hydrogen (secondary N) is 1. The third kappa shape index (κ3) is 6.27. The van der Waals surface area contributed by atoms with Crippen molar-refractivity contribution in [2.75, 3.05) is 45.2 Å². The second kappa shape index (κ2) is 10.7. The molecule has 9 heteroatoms. The van der Waals surface area contributed by atoms with Crippen LogP contribution in [0.25, 0.3) is 0 Å². The number of hydrogen-bond donors (Lipinski definition) is 1. The van der Waals surface area contributed by atoms with Gasteiger partial charge in [-0.3, -0.25) is 24.6 Å². The number of aryl methyl sites for hydroxylation is 1. The standard InChI is InChI=1S/C23H28N4O5/c1-17-6-7-19(27(30)31)16-21(17)24-22(28)8-9-25-10-12-26(13-11-25)23(29)15-18-4-3-5-20(14-18)32-2/h3-7,14,16H,8-13,15H2,1-2H3,(H,24,28). The molecule has 0 unspecified atom stereocenters. The van der Waals surface area contributed by atoms with Gasteiger partial charge in [0.2, 0.25) is 11.8 Å². The number of rotatable bonds is 8. The fourth-order valence-corrected chi connectivity index (χ4v) is 3.62. The lowest BCUT2D eigenvalue weighted by Crippen LogP contribution is -2.49. The lowest BCUT2D eigenvalue weighted by molar-refractivity contribution is -0.384. The average Bonchev–Trinajstić information content (AvgIpc) is 2.79. The molecule has 1 fully saturated rings. The maximum Gasteiger partial charge on any atom is 0.271 e. The summed E-state index contributed by atoms with van der Waals surface area (Å²) < 4.78 is 5.21. The van der Waals surface area contributed by atoms with Gasteiger partial charge in [-0.15, -0.1) is 0 Å². The van der Waals surface area contributed by atoms with Crippen LogP contribution in [0.2, 0.25) is 0 Å². The van der Waals surface area contributed by atoms with Gasteiger partial charge in [0, 0.05) is 51.3 Å². The van der Waals surface area contributed by atoms with Crippen LogP contribution in [0, 0.1) is 17.0 Å². The number of non-ortho nitro benzene ring substituents is 1. The summed E-state index contributed by atoms with van der Waals surface area (Å²) in [6.45, 7) is 5.00. The number of anilines is 1. The Bertz CT molecular complexity index is 986. The van der Waals surface area contributed by atoms with Crippen molar-refractivity contribution in [3.05, 3.63) is 63.7 Å². The molecular weight excluding hydrogens is 412 g/mol. The molecule has 32 heavy (non-hydrogen) atoms. The molecule has 0 spiro atoms. The number of piperazine rings is 1. The summed E-state index contributed by atoms with van der Waals surface area (Å²) in [4.78, 5) is 39.4. The van der Waals surface area contributed by atoms with Crippen LogP contribution in [-0.4, -0.2) is 66.4 Å². The van der Waals surface area contributed by atoms with Crippen molar-refractivity contribution in [3.63, 3.8) is 0 Å². The van der Waals surface area contributed by atoms with E-state index in [2.05, 4.69) is 10.2 Å². The van der Waals surface area contributed by atoms with Gasteiger partial charge in [0.25, 0.3) is 5.69 Å². The highest BCUT2D eigenvalue weighted by Crippen LogP contribution is 2.22. The first-order valence-electron chi connectivity index (χ1n) is 10.5. The van der Waals surface area contributed by atoms with E-state index in [4.69, 9.17) is 4.74 Å². The fraction of sp³-hybridized carbons (Fsp3) is 0.391. The molecule has 0 aromatic heterocycles. The first-order chi connectivity index (χ1) is 15.4. The summed E-state index contributed by atoms with van der Waals surface area (Å²) in [5, 5.41) is 13.7. The van der Waals surface area contributed by atoms with E-state index in [0.717, 1.165) is 16.9 Å². The molecular formula is C23H28N4O5. The summed E-state index contributed by atoms with van der Waals surface area (Å²) >= 11 is 0. The smallest absolute Gasteiger partial charge is 0.271 e. The number of benzene rings is 2. The lowest BCUT2D eigenvalue weighted by atomic mass is 10.1. The maximum absolute atomic E-state index is 12.6. The van der Waals surface area contributed by atoms with Gasteiger partial charge in [0.1, 0.15) is 5.75 Å². The Labute approximate surface area is 187 Å². The predicted molar refractivity (Wildman–Crippen MR) is 121 cm³/mol. The van der Waals surface area contributed by atoms with Crippen LogP contribution in [-0.2, 0) is 16.0 Å². The molecule has 1 aliphatic heterocycles. The van der Waals surface area contributed by atoms with Gasteiger partial charge in [-0.25, -0.2) is 0 Å². The molecule has 1 aliphatic rings. The molecule has 1 N–H and O–H groups in total. The number of carbonyl (C=O) groups is 2. The van der Waals surface area contributed by atoms with E-state index in [1.54, 1.807) is 20.1 Å². The molecule has 170 valence electrons. The Kier molecular flexibility index (Phi) is 7.77. The van der Waals surface area contributed by atoms with Gasteiger partial charge < -0.3 is 15.0 Å². The van der Waals surface area contributed by atoms with Crippen LogP contribution in [0.4, 0.5) is 11.4 Å². The van der Waals surface area contributed by atoms with Crippen LogP contribution in [0.3, 0.4) is 0 Å². The van der Waals surface area contributed by atoms with Gasteiger partial charge in [-0.2, -0.15) is 0 Å². The molecule has 2 aromatic carbocycles. The Balaban J connectivity index is 1.43. The van der Waals surface area contributed by atoms with Crippen LogP contribution in [0.5, 0.6) is 5.75 Å². The van der Waals surface area contributed by atoms with Crippen LogP contribution in [0.15, 0.2) is 42.5 Å². The number of nitrogens with zero attached hydrogens (tertiary/aromatic N) is 3. The first-order valence-corrected chi connectivity index (χ1v) is 10.5. The minimum absolute atomic E-state index is 0.0550. The number of carbonyl (C=O) groups excluding carboxylic acids is 2. The lowest BCUT2D eigenvalue weighted by Gasteiger charge is -2.34. The molecule has 0 bridgehead atoms. The molecule has 3 rings (SSSR count). The number of nitro benzene ring substituents is 1. The summed E-state index contributed by atoms with van der Waals surface area (Å²) in [6, 6.07) is 11.9. The van der Waals surface area contributed by atoms with Gasteiger partial charge in [-0.1, -0.05) is 18.2 Å². The van der Waals surface area contributed by atoms with Crippen molar-refractivity contribution in [1.82, 2.24) is 9.80 Å². The number of nitro groups is 1. The van der Waals surface area contributed by atoms with Crippen molar-refractivity contribution in [1.29, 1.82) is 0 Å². The fourth-order valence-electron chi connectivity index (χ4n) is 3.62. The van der Waals surface area contributed by atoms with E-state index >= 15 is 0 Å². The molecule has 1 heterocycles. The molecule has 2 aromatic rings. The highest BCUT2D eigenvalue weighted by atomic mass is 16.6. The third-order valence-corrected chi connectivity index (χ3v) is 5.58. The van der Waals surface area contributed by atoms with Gasteiger partial charge in [-0.05, 0) is 30.2 Å². The monoisotopic (exact) mass is 440 g/mol. The summed E-state index contributed by atoms with van der Waals surface area (Å²) in [7, 11) is 1.60. The predicted octanol–water partition coefficient (Wildman–Crippen LogP) is 2.63. The van der Waals surface area contributed by atoms with E-state index < -0.39 is 4.92 Å². The SMILES string of the molecule is COc1cccc(CC(=O)N2CCN(CCC(=O)Nc3cc([N+](=O)[O-])ccc3C)CC2)c1. The zero-order chi connectivity index (χ0) is 23.1. The number of amides is 2. The summed E-state index contributed by atoms with van der Waals surface area (Å²) in [5.41, 5.74) is 2.09. The normalized spacial score (nSPS) is 14.1. The maximum atomic E-state index is 12.6. The van der Waals surface area contributed by atoms with Crippen LogP contribution < -0.4 is 10.1 Å². The highest BCUT2D eigenvalue weighted by Gasteiger charge is 2.22. The van der Waals surface area contributed by atoms with Crippen LogP contribution >= 0.6 is 0 Å². The van der Waals surface area contributed by atoms with Crippen molar-refractivity contribution < 1.29 is 19.2 Å². The molecule has 0 radical (unpaired) electrons. The Morgan fingerprint density at radius 3 is 2.56 bits per heavy atom. The van der Waals surface area contributed by atoms with Crippen molar-refractivity contribution >= 4 is 23.2 Å². The van der Waals surface area contributed by atoms with Crippen molar-refractivity contribution in [2.45, 2.75) is 19.8 Å². The third-order valence-electron chi connectivity index (χ3n) is 5.58. The summed E-state index contributed by atoms with van der Waals surface area (Å²) in [6.07, 6.45) is 0.613. The first kappa shape index (κ1) is 23.2. The Morgan fingerprint density at radius 1 is 1.12 bits per heavy atom. The van der Waals surface area contributed by atoms with Gasteiger partial charge >= 0.3 is 0 Å². The minimum atomic E-state index is -0.482. The largest absolute Gasteiger partial charge is 0.497 e. The van der Waals surface area contributed by atoms with Gasteiger partial charge in [0.15, 0.2) is 0 Å². The number of hydrogen-bond acceptors (Lipinski definition) is 6. The van der Waals surface area contributed by atoms with E-state index in [1.807, 2.05) is 29.2 Å². The average molecular weight is 441 g/mol. The molecule has 0 atom stereocenters. The van der Waals surface area contributed by atoms with Crippen LogP contribution in [0.1, 0.15) is 17.5 Å².